The standard InChI is InChI=1S/C12H11BrN2O5S/c1-6-11(7(2)20-14-6)21(18,19)15-8-3-4-10(13)9(5-8)12(16)17/h3-5,15H,1-2H3,(H,16,17). The number of hydrogen-bond donors (Lipinski definition) is 2. The molecule has 9 heteroatoms. The molecular weight excluding hydrogens is 364 g/mol. The van der Waals surface area contributed by atoms with E-state index in [1.807, 2.05) is 0 Å². The van der Waals surface area contributed by atoms with Gasteiger partial charge in [0.1, 0.15) is 5.69 Å². The molecule has 0 saturated carbocycles. The number of carbonyl (C=O) groups is 1. The van der Waals surface area contributed by atoms with Gasteiger partial charge < -0.3 is 9.63 Å². The average molecular weight is 375 g/mol. The zero-order valence-electron chi connectivity index (χ0n) is 11.0. The Morgan fingerprint density at radius 2 is 2.05 bits per heavy atom. The van der Waals surface area contributed by atoms with Crippen molar-refractivity contribution in [3.8, 4) is 0 Å². The molecule has 1 aromatic carbocycles. The molecule has 0 aliphatic rings. The van der Waals surface area contributed by atoms with Gasteiger partial charge in [-0.3, -0.25) is 4.72 Å². The lowest BCUT2D eigenvalue weighted by molar-refractivity contribution is 0.0696. The van der Waals surface area contributed by atoms with E-state index in [9.17, 15) is 13.2 Å². The van der Waals surface area contributed by atoms with Crippen molar-refractivity contribution >= 4 is 37.6 Å². The summed E-state index contributed by atoms with van der Waals surface area (Å²) in [4.78, 5) is 11.0. The summed E-state index contributed by atoms with van der Waals surface area (Å²) in [7, 11) is -3.90. The minimum atomic E-state index is -3.90. The molecule has 2 N–H and O–H groups in total. The van der Waals surface area contributed by atoms with E-state index in [4.69, 9.17) is 9.63 Å². The van der Waals surface area contributed by atoms with E-state index in [2.05, 4.69) is 25.8 Å². The van der Waals surface area contributed by atoms with Gasteiger partial charge in [0, 0.05) is 10.2 Å². The summed E-state index contributed by atoms with van der Waals surface area (Å²) in [6.07, 6.45) is 0. The van der Waals surface area contributed by atoms with Crippen molar-refractivity contribution in [1.82, 2.24) is 5.16 Å². The Kier molecular flexibility index (Phi) is 4.06. The van der Waals surface area contributed by atoms with Crippen LogP contribution in [0, 0.1) is 13.8 Å². The number of aryl methyl sites for hydroxylation is 2. The summed E-state index contributed by atoms with van der Waals surface area (Å²) in [6.45, 7) is 2.99. The molecule has 1 aromatic heterocycles. The molecule has 0 aliphatic carbocycles. The first-order valence-corrected chi connectivity index (χ1v) is 7.98. The lowest BCUT2D eigenvalue weighted by Gasteiger charge is -2.09. The minimum Gasteiger partial charge on any atom is -0.478 e. The highest BCUT2D eigenvalue weighted by Gasteiger charge is 2.24. The normalized spacial score (nSPS) is 11.4. The predicted octanol–water partition coefficient (Wildman–Crippen LogP) is 2.55. The Bertz CT molecular complexity index is 794. The molecule has 0 atom stereocenters. The lowest BCUT2D eigenvalue weighted by Crippen LogP contribution is -2.15. The maximum Gasteiger partial charge on any atom is 0.336 e. The highest BCUT2D eigenvalue weighted by atomic mass is 79.9. The van der Waals surface area contributed by atoms with Gasteiger partial charge in [0.2, 0.25) is 0 Å². The van der Waals surface area contributed by atoms with Crippen LogP contribution >= 0.6 is 15.9 Å². The highest BCUT2D eigenvalue weighted by molar-refractivity contribution is 9.10. The van der Waals surface area contributed by atoms with Gasteiger partial charge >= 0.3 is 5.97 Å². The van der Waals surface area contributed by atoms with E-state index in [0.29, 0.717) is 4.47 Å². The van der Waals surface area contributed by atoms with Crippen molar-refractivity contribution in [3.05, 3.63) is 39.7 Å². The fourth-order valence-corrected chi connectivity index (χ4v) is 3.61. The second-order valence-electron chi connectivity index (χ2n) is 4.26. The van der Waals surface area contributed by atoms with Crippen LogP contribution in [-0.4, -0.2) is 24.7 Å². The molecule has 1 heterocycles. The lowest BCUT2D eigenvalue weighted by atomic mass is 10.2. The number of aromatic carboxylic acids is 1. The van der Waals surface area contributed by atoms with E-state index in [1.54, 1.807) is 0 Å². The molecule has 0 bridgehead atoms. The van der Waals surface area contributed by atoms with E-state index in [1.165, 1.54) is 32.0 Å². The molecule has 0 spiro atoms. The Hall–Kier alpha value is -1.87. The van der Waals surface area contributed by atoms with Crippen molar-refractivity contribution in [2.75, 3.05) is 4.72 Å². The molecule has 112 valence electrons. The summed E-state index contributed by atoms with van der Waals surface area (Å²) < 4.78 is 32.1. The van der Waals surface area contributed by atoms with Gasteiger partial charge in [-0.15, -0.1) is 0 Å². The molecule has 0 amide bonds. The first-order valence-electron chi connectivity index (χ1n) is 5.71. The first kappa shape index (κ1) is 15.5. The van der Waals surface area contributed by atoms with Crippen LogP contribution in [0.4, 0.5) is 5.69 Å². The maximum atomic E-state index is 12.3. The average Bonchev–Trinajstić information content (AvgIpc) is 2.71. The number of nitrogens with zero attached hydrogens (tertiary/aromatic N) is 1. The van der Waals surface area contributed by atoms with Gasteiger partial charge in [0.15, 0.2) is 10.7 Å². The molecular formula is C12H11BrN2O5S. The van der Waals surface area contributed by atoms with E-state index >= 15 is 0 Å². The van der Waals surface area contributed by atoms with Crippen LogP contribution in [0.3, 0.4) is 0 Å². The quantitative estimate of drug-likeness (QED) is 0.850. The number of nitrogens with one attached hydrogen (secondary N) is 1. The van der Waals surface area contributed by atoms with Gasteiger partial charge in [-0.1, -0.05) is 5.16 Å². The third kappa shape index (κ3) is 3.08. The fourth-order valence-electron chi connectivity index (χ4n) is 1.82. The smallest absolute Gasteiger partial charge is 0.336 e. The van der Waals surface area contributed by atoms with Crippen LogP contribution in [-0.2, 0) is 10.0 Å². The molecule has 0 saturated heterocycles. The van der Waals surface area contributed by atoms with Crippen molar-refractivity contribution < 1.29 is 22.8 Å². The predicted molar refractivity (Wildman–Crippen MR) is 77.9 cm³/mol. The van der Waals surface area contributed by atoms with Crippen molar-refractivity contribution in [3.63, 3.8) is 0 Å². The second-order valence-corrected chi connectivity index (χ2v) is 6.73. The number of carboxylic acids is 1. The molecule has 0 aliphatic heterocycles. The van der Waals surface area contributed by atoms with Gasteiger partial charge in [-0.05, 0) is 48.0 Å². The summed E-state index contributed by atoms with van der Waals surface area (Å²) >= 11 is 3.09. The maximum absolute atomic E-state index is 12.3. The van der Waals surface area contributed by atoms with Crippen molar-refractivity contribution in [2.45, 2.75) is 18.7 Å². The Morgan fingerprint density at radius 1 is 1.38 bits per heavy atom. The van der Waals surface area contributed by atoms with Gasteiger partial charge in [-0.25, -0.2) is 13.2 Å². The Balaban J connectivity index is 2.42. The number of benzene rings is 1. The summed E-state index contributed by atoms with van der Waals surface area (Å²) in [5.74, 6) is -1.00. The number of halogens is 1. The minimum absolute atomic E-state index is 0.0473. The largest absolute Gasteiger partial charge is 0.478 e. The van der Waals surface area contributed by atoms with Crippen LogP contribution < -0.4 is 4.72 Å². The van der Waals surface area contributed by atoms with Crippen LogP contribution in [0.2, 0.25) is 0 Å². The molecule has 2 rings (SSSR count). The fraction of sp³-hybridized carbons (Fsp3) is 0.167. The number of sulfonamides is 1. The Labute approximate surface area is 129 Å². The molecule has 0 unspecified atom stereocenters. The summed E-state index contributed by atoms with van der Waals surface area (Å²) in [6, 6.07) is 4.13. The molecule has 2 aromatic rings. The topological polar surface area (TPSA) is 110 Å². The number of aromatic nitrogens is 1. The highest BCUT2D eigenvalue weighted by Crippen LogP contribution is 2.25. The molecule has 21 heavy (non-hydrogen) atoms. The number of anilines is 1. The third-order valence-electron chi connectivity index (χ3n) is 2.69. The van der Waals surface area contributed by atoms with Crippen LogP contribution in [0.25, 0.3) is 0 Å². The van der Waals surface area contributed by atoms with Gasteiger partial charge in [0.05, 0.1) is 5.56 Å². The van der Waals surface area contributed by atoms with Gasteiger partial charge in [0.25, 0.3) is 10.0 Å². The van der Waals surface area contributed by atoms with Crippen LogP contribution in [0.5, 0.6) is 0 Å². The molecule has 7 nitrogen and oxygen atoms in total. The molecule has 0 fully saturated rings. The van der Waals surface area contributed by atoms with E-state index < -0.39 is 16.0 Å². The first-order chi connectivity index (χ1) is 9.72. The van der Waals surface area contributed by atoms with E-state index in [0.717, 1.165) is 0 Å². The third-order valence-corrected chi connectivity index (χ3v) is 5.00. The molecule has 0 radical (unpaired) electrons. The zero-order valence-corrected chi connectivity index (χ0v) is 13.4. The van der Waals surface area contributed by atoms with Crippen LogP contribution in [0.15, 0.2) is 32.1 Å². The summed E-state index contributed by atoms with van der Waals surface area (Å²) in [5, 5.41) is 12.6. The van der Waals surface area contributed by atoms with Crippen molar-refractivity contribution in [1.29, 1.82) is 0 Å². The number of carboxylic acid groups (broad SMARTS) is 1. The van der Waals surface area contributed by atoms with Crippen LogP contribution in [0.1, 0.15) is 21.8 Å². The SMILES string of the molecule is Cc1noc(C)c1S(=O)(=O)Nc1ccc(Br)c(C(=O)O)c1. The Morgan fingerprint density at radius 3 is 2.57 bits per heavy atom. The van der Waals surface area contributed by atoms with E-state index in [-0.39, 0.29) is 27.6 Å². The second kappa shape index (κ2) is 5.49. The summed E-state index contributed by atoms with van der Waals surface area (Å²) in [5.41, 5.74) is 0.320. The number of rotatable bonds is 4. The van der Waals surface area contributed by atoms with Gasteiger partial charge in [-0.2, -0.15) is 0 Å². The monoisotopic (exact) mass is 374 g/mol. The number of hydrogen-bond acceptors (Lipinski definition) is 5. The van der Waals surface area contributed by atoms with Crippen molar-refractivity contribution in [2.24, 2.45) is 0 Å². The zero-order chi connectivity index (χ0) is 15.8.